The Kier molecular flexibility index (Phi) is 7.25. The fourth-order valence-electron chi connectivity index (χ4n) is 1.38. The normalized spacial score (nSPS) is 10.4. The van der Waals surface area contributed by atoms with Gasteiger partial charge in [-0.15, -0.1) is 0 Å². The fourth-order valence-corrected chi connectivity index (χ4v) is 1.54. The van der Waals surface area contributed by atoms with E-state index in [2.05, 4.69) is 0 Å². The third-order valence-electron chi connectivity index (χ3n) is 2.30. The van der Waals surface area contributed by atoms with Crippen molar-refractivity contribution in [2.45, 2.75) is 6.42 Å². The molecule has 6 heteroatoms. The second-order valence-electron chi connectivity index (χ2n) is 3.75. The lowest BCUT2D eigenvalue weighted by Crippen LogP contribution is -2.08. The summed E-state index contributed by atoms with van der Waals surface area (Å²) in [4.78, 5) is 11.0. The van der Waals surface area contributed by atoms with Crippen molar-refractivity contribution in [3.05, 3.63) is 28.8 Å². The van der Waals surface area contributed by atoms with Crippen LogP contribution in [0, 0.1) is 0 Å². The molecule has 1 aromatic rings. The first-order valence-electron chi connectivity index (χ1n) is 5.87. The smallest absolute Gasteiger partial charge is 0.339 e. The molecule has 5 nitrogen and oxygen atoms in total. The van der Waals surface area contributed by atoms with Crippen LogP contribution < -0.4 is 4.74 Å². The summed E-state index contributed by atoms with van der Waals surface area (Å²) >= 11 is 5.81. The number of carboxylic acids is 1. The minimum absolute atomic E-state index is 0.102. The Hall–Kier alpha value is -1.30. The number of hydrogen-bond acceptors (Lipinski definition) is 4. The zero-order chi connectivity index (χ0) is 14.1. The third-order valence-corrected chi connectivity index (χ3v) is 2.53. The predicted octanol–water partition coefficient (Wildman–Crippen LogP) is 2.47. The molecule has 0 heterocycles. The van der Waals surface area contributed by atoms with Crippen LogP contribution in [0.5, 0.6) is 5.75 Å². The average Bonchev–Trinajstić information content (AvgIpc) is 2.37. The van der Waals surface area contributed by atoms with E-state index in [1.807, 2.05) is 0 Å². The zero-order valence-corrected chi connectivity index (χ0v) is 11.5. The monoisotopic (exact) mass is 288 g/mol. The first kappa shape index (κ1) is 15.8. The Bertz CT molecular complexity index is 408. The van der Waals surface area contributed by atoms with Gasteiger partial charge in [-0.3, -0.25) is 0 Å². The summed E-state index contributed by atoms with van der Waals surface area (Å²) in [6.07, 6.45) is 0.662. The van der Waals surface area contributed by atoms with Crippen LogP contribution in [-0.4, -0.2) is 44.6 Å². The van der Waals surface area contributed by atoms with E-state index in [1.54, 1.807) is 7.11 Å². The Labute approximate surface area is 117 Å². The predicted molar refractivity (Wildman–Crippen MR) is 71.2 cm³/mol. The summed E-state index contributed by atoms with van der Waals surface area (Å²) in [5.41, 5.74) is 0.102. The molecule has 0 amide bonds. The number of halogens is 1. The van der Waals surface area contributed by atoms with E-state index in [0.717, 1.165) is 0 Å². The summed E-state index contributed by atoms with van der Waals surface area (Å²) < 4.78 is 15.5. The van der Waals surface area contributed by atoms with Crippen molar-refractivity contribution in [1.82, 2.24) is 0 Å². The molecule has 0 atom stereocenters. The van der Waals surface area contributed by atoms with Gasteiger partial charge < -0.3 is 19.3 Å². The molecule has 1 aromatic carbocycles. The van der Waals surface area contributed by atoms with Crippen LogP contribution in [0.3, 0.4) is 0 Å². The molecule has 0 aliphatic rings. The van der Waals surface area contributed by atoms with Gasteiger partial charge in [0.1, 0.15) is 11.3 Å². The first-order chi connectivity index (χ1) is 9.15. The van der Waals surface area contributed by atoms with Gasteiger partial charge in [0.2, 0.25) is 0 Å². The summed E-state index contributed by atoms with van der Waals surface area (Å²) in [6, 6.07) is 4.44. The Morgan fingerprint density at radius 1 is 1.26 bits per heavy atom. The zero-order valence-electron chi connectivity index (χ0n) is 10.7. The lowest BCUT2D eigenvalue weighted by Gasteiger charge is -2.09. The van der Waals surface area contributed by atoms with Crippen LogP contribution in [0.15, 0.2) is 18.2 Å². The number of hydrogen-bond donors (Lipinski definition) is 1. The number of ether oxygens (including phenoxy) is 3. The van der Waals surface area contributed by atoms with E-state index in [9.17, 15) is 4.79 Å². The van der Waals surface area contributed by atoms with E-state index < -0.39 is 5.97 Å². The highest BCUT2D eigenvalue weighted by molar-refractivity contribution is 6.30. The van der Waals surface area contributed by atoms with E-state index in [-0.39, 0.29) is 11.3 Å². The third kappa shape index (κ3) is 5.92. The van der Waals surface area contributed by atoms with Crippen molar-refractivity contribution >= 4 is 17.6 Å². The number of rotatable bonds is 9. The van der Waals surface area contributed by atoms with Gasteiger partial charge in [0, 0.05) is 25.2 Å². The van der Waals surface area contributed by atoms with Gasteiger partial charge in [-0.1, -0.05) is 11.6 Å². The van der Waals surface area contributed by atoms with Crippen LogP contribution >= 0.6 is 11.6 Å². The standard InChI is InChI=1S/C13H17ClO5/c1-17-7-8-18-5-2-6-19-12-9-10(14)3-4-11(12)13(15)16/h3-4,9H,2,5-8H2,1H3,(H,15,16). The highest BCUT2D eigenvalue weighted by Gasteiger charge is 2.11. The molecule has 0 bridgehead atoms. The molecule has 1 rings (SSSR count). The van der Waals surface area contributed by atoms with Crippen molar-refractivity contribution in [3.63, 3.8) is 0 Å². The lowest BCUT2D eigenvalue weighted by molar-refractivity contribution is 0.0637. The quantitative estimate of drug-likeness (QED) is 0.707. The second-order valence-corrected chi connectivity index (χ2v) is 4.19. The highest BCUT2D eigenvalue weighted by Crippen LogP contribution is 2.23. The molecule has 106 valence electrons. The average molecular weight is 289 g/mol. The summed E-state index contributed by atoms with van der Waals surface area (Å²) in [5, 5.41) is 9.44. The molecule has 0 radical (unpaired) electrons. The van der Waals surface area contributed by atoms with Crippen molar-refractivity contribution in [3.8, 4) is 5.75 Å². The molecular weight excluding hydrogens is 272 g/mol. The Balaban J connectivity index is 2.36. The molecular formula is C13H17ClO5. The van der Waals surface area contributed by atoms with Crippen molar-refractivity contribution in [2.75, 3.05) is 33.5 Å². The number of methoxy groups -OCH3 is 1. The number of aromatic carboxylic acids is 1. The van der Waals surface area contributed by atoms with Crippen LogP contribution in [0.4, 0.5) is 0 Å². The van der Waals surface area contributed by atoms with Gasteiger partial charge >= 0.3 is 5.97 Å². The van der Waals surface area contributed by atoms with Crippen molar-refractivity contribution in [2.24, 2.45) is 0 Å². The minimum Gasteiger partial charge on any atom is -0.493 e. The van der Waals surface area contributed by atoms with Crippen molar-refractivity contribution < 1.29 is 24.1 Å². The molecule has 0 aromatic heterocycles. The molecule has 0 aliphatic heterocycles. The molecule has 0 saturated heterocycles. The number of carbonyl (C=O) groups is 1. The first-order valence-corrected chi connectivity index (χ1v) is 6.25. The molecule has 0 fully saturated rings. The van der Waals surface area contributed by atoms with Gasteiger partial charge in [0.15, 0.2) is 0 Å². The second kappa shape index (κ2) is 8.74. The molecule has 0 aliphatic carbocycles. The lowest BCUT2D eigenvalue weighted by atomic mass is 10.2. The summed E-state index contributed by atoms with van der Waals surface area (Å²) in [7, 11) is 1.61. The maximum atomic E-state index is 11.0. The Morgan fingerprint density at radius 3 is 2.74 bits per heavy atom. The van der Waals surface area contributed by atoms with Gasteiger partial charge in [-0.05, 0) is 18.2 Å². The van der Waals surface area contributed by atoms with Gasteiger partial charge in [0.05, 0.1) is 19.8 Å². The fraction of sp³-hybridized carbons (Fsp3) is 0.462. The SMILES string of the molecule is COCCOCCCOc1cc(Cl)ccc1C(=O)O. The number of benzene rings is 1. The molecule has 0 unspecified atom stereocenters. The Morgan fingerprint density at radius 2 is 2.05 bits per heavy atom. The molecule has 19 heavy (non-hydrogen) atoms. The largest absolute Gasteiger partial charge is 0.493 e. The summed E-state index contributed by atoms with van der Waals surface area (Å²) in [5.74, 6) is -0.764. The van der Waals surface area contributed by atoms with E-state index >= 15 is 0 Å². The minimum atomic E-state index is -1.04. The van der Waals surface area contributed by atoms with Gasteiger partial charge in [-0.25, -0.2) is 4.79 Å². The van der Waals surface area contributed by atoms with Crippen LogP contribution in [0.25, 0.3) is 0 Å². The highest BCUT2D eigenvalue weighted by atomic mass is 35.5. The molecule has 1 N–H and O–H groups in total. The molecule has 0 saturated carbocycles. The summed E-state index contributed by atoms with van der Waals surface area (Å²) in [6.45, 7) is 1.99. The van der Waals surface area contributed by atoms with Crippen molar-refractivity contribution in [1.29, 1.82) is 0 Å². The number of carboxylic acid groups (broad SMARTS) is 1. The van der Waals surface area contributed by atoms with Gasteiger partial charge in [0.25, 0.3) is 0 Å². The van der Waals surface area contributed by atoms with Gasteiger partial charge in [-0.2, -0.15) is 0 Å². The van der Waals surface area contributed by atoms with Crippen LogP contribution in [0.2, 0.25) is 5.02 Å². The van der Waals surface area contributed by atoms with E-state index in [1.165, 1.54) is 18.2 Å². The van der Waals surface area contributed by atoms with E-state index in [0.29, 0.717) is 37.9 Å². The maximum absolute atomic E-state index is 11.0. The van der Waals surface area contributed by atoms with E-state index in [4.69, 9.17) is 30.9 Å². The molecule has 0 spiro atoms. The van der Waals surface area contributed by atoms with Crippen LogP contribution in [0.1, 0.15) is 16.8 Å². The maximum Gasteiger partial charge on any atom is 0.339 e. The van der Waals surface area contributed by atoms with Crippen LogP contribution in [-0.2, 0) is 9.47 Å². The topological polar surface area (TPSA) is 65.0 Å².